The molecule has 1 unspecified atom stereocenters. The van der Waals surface area contributed by atoms with Gasteiger partial charge in [-0.2, -0.15) is 13.2 Å². The molecule has 1 fully saturated rings. The molecule has 1 atom stereocenters. The van der Waals surface area contributed by atoms with E-state index in [2.05, 4.69) is 5.32 Å². The summed E-state index contributed by atoms with van der Waals surface area (Å²) in [6, 6.07) is 5.01. The first-order chi connectivity index (χ1) is 10.4. The van der Waals surface area contributed by atoms with Crippen LogP contribution >= 0.6 is 0 Å². The van der Waals surface area contributed by atoms with Gasteiger partial charge in [-0.15, -0.1) is 0 Å². The van der Waals surface area contributed by atoms with Crippen molar-refractivity contribution in [3.63, 3.8) is 0 Å². The third kappa shape index (κ3) is 3.80. The van der Waals surface area contributed by atoms with Crippen LogP contribution in [0.1, 0.15) is 30.9 Å². The molecule has 1 heterocycles. The number of ether oxygens (including phenoxy) is 1. The summed E-state index contributed by atoms with van der Waals surface area (Å²) >= 11 is 0. The van der Waals surface area contributed by atoms with Crippen molar-refractivity contribution in [1.29, 1.82) is 0 Å². The summed E-state index contributed by atoms with van der Waals surface area (Å²) in [5, 5.41) is 3.19. The van der Waals surface area contributed by atoms with E-state index < -0.39 is 17.2 Å². The molecular weight excluding hydrogens is 295 g/mol. The normalized spacial score (nSPS) is 22.4. The molecule has 0 bridgehead atoms. The van der Waals surface area contributed by atoms with E-state index in [0.29, 0.717) is 31.6 Å². The molecule has 1 saturated heterocycles. The minimum Gasteiger partial charge on any atom is -0.466 e. The quantitative estimate of drug-likeness (QED) is 0.867. The van der Waals surface area contributed by atoms with Crippen molar-refractivity contribution in [2.45, 2.75) is 32.4 Å². The number of carbonyl (C=O) groups excluding carboxylic acids is 1. The summed E-state index contributed by atoms with van der Waals surface area (Å²) in [7, 11) is 0. The largest absolute Gasteiger partial charge is 0.466 e. The van der Waals surface area contributed by atoms with E-state index in [1.807, 2.05) is 0 Å². The Morgan fingerprint density at radius 2 is 2.00 bits per heavy atom. The van der Waals surface area contributed by atoms with Crippen LogP contribution < -0.4 is 5.32 Å². The van der Waals surface area contributed by atoms with Gasteiger partial charge < -0.3 is 10.1 Å². The highest BCUT2D eigenvalue weighted by molar-refractivity contribution is 5.77. The number of halogens is 3. The van der Waals surface area contributed by atoms with E-state index in [-0.39, 0.29) is 5.97 Å². The van der Waals surface area contributed by atoms with Gasteiger partial charge in [0, 0.05) is 6.54 Å². The van der Waals surface area contributed by atoms with Crippen molar-refractivity contribution < 1.29 is 22.7 Å². The Balaban J connectivity index is 2.18. The maximum Gasteiger partial charge on any atom is 0.416 e. The number of hydrogen-bond acceptors (Lipinski definition) is 3. The van der Waals surface area contributed by atoms with Crippen molar-refractivity contribution in [1.82, 2.24) is 5.32 Å². The molecule has 0 spiro atoms. The minimum absolute atomic E-state index is 0.276. The molecule has 1 aromatic carbocycles. The number of piperidine rings is 1. The first kappa shape index (κ1) is 16.8. The van der Waals surface area contributed by atoms with E-state index in [1.165, 1.54) is 12.1 Å². The van der Waals surface area contributed by atoms with Gasteiger partial charge in [-0.05, 0) is 50.4 Å². The van der Waals surface area contributed by atoms with Crippen LogP contribution in [0.5, 0.6) is 0 Å². The van der Waals surface area contributed by atoms with Crippen LogP contribution in [0, 0.1) is 5.41 Å². The molecule has 0 aliphatic carbocycles. The zero-order chi connectivity index (χ0) is 16.2. The zero-order valence-electron chi connectivity index (χ0n) is 12.5. The molecule has 1 N–H and O–H groups in total. The minimum atomic E-state index is -4.34. The smallest absolute Gasteiger partial charge is 0.416 e. The summed E-state index contributed by atoms with van der Waals surface area (Å²) in [4.78, 5) is 12.3. The molecule has 0 amide bonds. The van der Waals surface area contributed by atoms with E-state index in [1.54, 1.807) is 6.92 Å². The predicted molar refractivity (Wildman–Crippen MR) is 76.3 cm³/mol. The molecule has 6 heteroatoms. The highest BCUT2D eigenvalue weighted by Crippen LogP contribution is 2.34. The van der Waals surface area contributed by atoms with Crippen LogP contribution in [-0.2, 0) is 22.1 Å². The van der Waals surface area contributed by atoms with Crippen LogP contribution in [-0.4, -0.2) is 25.7 Å². The van der Waals surface area contributed by atoms with Crippen molar-refractivity contribution in [3.8, 4) is 0 Å². The van der Waals surface area contributed by atoms with Crippen molar-refractivity contribution >= 4 is 5.97 Å². The number of esters is 1. The van der Waals surface area contributed by atoms with Gasteiger partial charge in [-0.25, -0.2) is 0 Å². The third-order valence-electron chi connectivity index (χ3n) is 4.00. The summed E-state index contributed by atoms with van der Waals surface area (Å²) in [6.07, 6.45) is -2.43. The molecule has 0 radical (unpaired) electrons. The Labute approximate surface area is 127 Å². The first-order valence-electron chi connectivity index (χ1n) is 7.41. The van der Waals surface area contributed by atoms with Gasteiger partial charge in [0.15, 0.2) is 0 Å². The number of benzene rings is 1. The number of alkyl halides is 3. The maximum atomic E-state index is 12.6. The monoisotopic (exact) mass is 315 g/mol. The second-order valence-electron chi connectivity index (χ2n) is 5.65. The van der Waals surface area contributed by atoms with E-state index in [9.17, 15) is 18.0 Å². The molecule has 0 saturated carbocycles. The number of hydrogen-bond donors (Lipinski definition) is 1. The number of carbonyl (C=O) groups is 1. The summed E-state index contributed by atoms with van der Waals surface area (Å²) in [5.41, 5.74) is -0.651. The Bertz CT molecular complexity index is 505. The van der Waals surface area contributed by atoms with Gasteiger partial charge in [-0.3, -0.25) is 4.79 Å². The topological polar surface area (TPSA) is 38.3 Å². The van der Waals surface area contributed by atoms with Gasteiger partial charge >= 0.3 is 12.1 Å². The predicted octanol–water partition coefficient (Wildman–Crippen LogP) is 3.18. The molecule has 0 aromatic heterocycles. The lowest BCUT2D eigenvalue weighted by atomic mass is 9.75. The molecular formula is C16H20F3NO2. The summed E-state index contributed by atoms with van der Waals surface area (Å²) in [6.45, 7) is 3.38. The second kappa shape index (κ2) is 6.69. The fourth-order valence-corrected chi connectivity index (χ4v) is 2.85. The highest BCUT2D eigenvalue weighted by Gasteiger charge is 2.41. The summed E-state index contributed by atoms with van der Waals surface area (Å²) in [5.74, 6) is -0.276. The molecule has 1 aliphatic rings. The average Bonchev–Trinajstić information content (AvgIpc) is 2.48. The first-order valence-corrected chi connectivity index (χ1v) is 7.41. The van der Waals surface area contributed by atoms with Gasteiger partial charge in [0.2, 0.25) is 0 Å². The zero-order valence-corrected chi connectivity index (χ0v) is 12.5. The van der Waals surface area contributed by atoms with Crippen LogP contribution in [0.15, 0.2) is 24.3 Å². The Morgan fingerprint density at radius 3 is 2.50 bits per heavy atom. The summed E-state index contributed by atoms with van der Waals surface area (Å²) < 4.78 is 43.0. The molecule has 2 rings (SSSR count). The molecule has 1 aromatic rings. The highest BCUT2D eigenvalue weighted by atomic mass is 19.4. The van der Waals surface area contributed by atoms with Crippen molar-refractivity contribution in [2.75, 3.05) is 19.7 Å². The number of rotatable bonds is 4. The van der Waals surface area contributed by atoms with Gasteiger partial charge in [0.25, 0.3) is 0 Å². The fourth-order valence-electron chi connectivity index (χ4n) is 2.85. The molecule has 3 nitrogen and oxygen atoms in total. The third-order valence-corrected chi connectivity index (χ3v) is 4.00. The maximum absolute atomic E-state index is 12.6. The SMILES string of the molecule is CCOC(=O)C1(Cc2ccc(C(F)(F)F)cc2)CCCNC1. The van der Waals surface area contributed by atoms with E-state index in [0.717, 1.165) is 25.1 Å². The lowest BCUT2D eigenvalue weighted by molar-refractivity contribution is -0.156. The molecule has 22 heavy (non-hydrogen) atoms. The van der Waals surface area contributed by atoms with Gasteiger partial charge in [-0.1, -0.05) is 12.1 Å². The fraction of sp³-hybridized carbons (Fsp3) is 0.562. The van der Waals surface area contributed by atoms with Gasteiger partial charge in [0.1, 0.15) is 0 Å². The van der Waals surface area contributed by atoms with E-state index >= 15 is 0 Å². The van der Waals surface area contributed by atoms with Crippen LogP contribution in [0.25, 0.3) is 0 Å². The lowest BCUT2D eigenvalue weighted by Gasteiger charge is -2.35. The van der Waals surface area contributed by atoms with Crippen molar-refractivity contribution in [2.24, 2.45) is 5.41 Å². The van der Waals surface area contributed by atoms with E-state index in [4.69, 9.17) is 4.74 Å². The average molecular weight is 315 g/mol. The Kier molecular flexibility index (Phi) is 5.11. The molecule has 1 aliphatic heterocycles. The van der Waals surface area contributed by atoms with Crippen molar-refractivity contribution in [3.05, 3.63) is 35.4 Å². The standard InChI is InChI=1S/C16H20F3NO2/c1-2-22-14(21)15(8-3-9-20-11-15)10-12-4-6-13(7-5-12)16(17,18)19/h4-7,20H,2-3,8-11H2,1H3. The lowest BCUT2D eigenvalue weighted by Crippen LogP contribution is -2.47. The second-order valence-corrected chi connectivity index (χ2v) is 5.65. The van der Waals surface area contributed by atoms with Gasteiger partial charge in [0.05, 0.1) is 17.6 Å². The molecule has 122 valence electrons. The Morgan fingerprint density at radius 1 is 1.32 bits per heavy atom. The Hall–Kier alpha value is -1.56. The van der Waals surface area contributed by atoms with Crippen LogP contribution in [0.3, 0.4) is 0 Å². The number of nitrogens with one attached hydrogen (secondary N) is 1. The van der Waals surface area contributed by atoms with Crippen LogP contribution in [0.4, 0.5) is 13.2 Å². The van der Waals surface area contributed by atoms with Crippen LogP contribution in [0.2, 0.25) is 0 Å².